The van der Waals surface area contributed by atoms with E-state index in [1.165, 1.54) is 25.5 Å². The van der Waals surface area contributed by atoms with Gasteiger partial charge < -0.3 is 19.5 Å². The van der Waals surface area contributed by atoms with E-state index in [0.717, 1.165) is 65.2 Å². The molecule has 2 fully saturated rings. The summed E-state index contributed by atoms with van der Waals surface area (Å²) in [6.07, 6.45) is 7.87. The van der Waals surface area contributed by atoms with Gasteiger partial charge in [-0.3, -0.25) is 9.78 Å². The molecule has 0 saturated carbocycles. The summed E-state index contributed by atoms with van der Waals surface area (Å²) < 4.78 is 6.54. The lowest BCUT2D eigenvalue weighted by Crippen LogP contribution is -2.38. The number of pyridine rings is 2. The van der Waals surface area contributed by atoms with Crippen LogP contribution in [0.4, 0.5) is 16.6 Å². The number of piperidine rings is 1. The lowest BCUT2D eigenvalue weighted by atomic mass is 10.1. The van der Waals surface area contributed by atoms with Gasteiger partial charge in [-0.15, -0.1) is 0 Å². The van der Waals surface area contributed by atoms with Crippen LogP contribution in [0, 0.1) is 6.92 Å². The molecule has 2 saturated heterocycles. The predicted molar refractivity (Wildman–Crippen MR) is 133 cm³/mol. The van der Waals surface area contributed by atoms with Crippen molar-refractivity contribution >= 4 is 44.2 Å². The van der Waals surface area contributed by atoms with Crippen LogP contribution in [0.15, 0.2) is 35.1 Å². The van der Waals surface area contributed by atoms with Crippen LogP contribution in [0.2, 0.25) is 0 Å². The van der Waals surface area contributed by atoms with Crippen molar-refractivity contribution in [3.63, 3.8) is 0 Å². The van der Waals surface area contributed by atoms with Crippen LogP contribution in [0.1, 0.15) is 41.9 Å². The van der Waals surface area contributed by atoms with Gasteiger partial charge in [0.2, 0.25) is 5.89 Å². The van der Waals surface area contributed by atoms with Gasteiger partial charge >= 0.3 is 0 Å². The van der Waals surface area contributed by atoms with Crippen molar-refractivity contribution in [1.82, 2.24) is 19.9 Å². The maximum Gasteiger partial charge on any atom is 0.277 e. The van der Waals surface area contributed by atoms with Crippen LogP contribution in [-0.4, -0.2) is 52.0 Å². The average molecular weight is 476 g/mol. The van der Waals surface area contributed by atoms with E-state index in [0.29, 0.717) is 11.6 Å². The first-order chi connectivity index (χ1) is 16.6. The molecular formula is C24H25N7O2S. The molecule has 4 aromatic rings. The Kier molecular flexibility index (Phi) is 5.37. The number of hydrogen-bond acceptors (Lipinski definition) is 9. The third kappa shape index (κ3) is 3.98. The minimum Gasteiger partial charge on any atom is -0.444 e. The smallest absolute Gasteiger partial charge is 0.277 e. The maximum atomic E-state index is 13.1. The Balaban J connectivity index is 1.29. The standard InChI is InChI=1S/C24H25N7O2S/c1-15-12-16(6-7-25-15)23-27-18(14-33-23)22(32)26-17-13-19-20(28-21(17)30-10-5-11-30)29-24(34-19)31-8-3-2-4-9-31/h6-7,12-14H,2-5,8-11H2,1H3,(H,26,32). The number of fused-ring (bicyclic) bond motifs is 1. The molecule has 0 aliphatic carbocycles. The van der Waals surface area contributed by atoms with E-state index >= 15 is 0 Å². The molecule has 0 radical (unpaired) electrons. The van der Waals surface area contributed by atoms with Crippen molar-refractivity contribution in [3.05, 3.63) is 42.0 Å². The number of hydrogen-bond donors (Lipinski definition) is 1. The highest BCUT2D eigenvalue weighted by atomic mass is 32.1. The van der Waals surface area contributed by atoms with Gasteiger partial charge in [0.1, 0.15) is 6.26 Å². The average Bonchev–Trinajstić information content (AvgIpc) is 3.46. The van der Waals surface area contributed by atoms with E-state index in [1.54, 1.807) is 17.5 Å². The molecule has 0 bridgehead atoms. The molecule has 1 amide bonds. The number of thiazole rings is 1. The predicted octanol–water partition coefficient (Wildman–Crippen LogP) is 4.50. The summed E-state index contributed by atoms with van der Waals surface area (Å²) in [5, 5.41) is 4.03. The summed E-state index contributed by atoms with van der Waals surface area (Å²) in [5.74, 6) is 0.821. The van der Waals surface area contributed by atoms with Crippen LogP contribution < -0.4 is 15.1 Å². The van der Waals surface area contributed by atoms with Crippen LogP contribution in [0.5, 0.6) is 0 Å². The number of carbonyl (C=O) groups excluding carboxylic acids is 1. The topological polar surface area (TPSA) is 100 Å². The first-order valence-electron chi connectivity index (χ1n) is 11.7. The Hall–Kier alpha value is -3.53. The molecular weight excluding hydrogens is 450 g/mol. The second-order valence-electron chi connectivity index (χ2n) is 8.74. The zero-order valence-corrected chi connectivity index (χ0v) is 19.8. The SMILES string of the molecule is Cc1cc(-c2nc(C(=O)Nc3cc4sc(N5CCCCC5)nc4nc3N3CCC3)co2)ccn1. The van der Waals surface area contributed by atoms with Gasteiger partial charge in [0.25, 0.3) is 5.91 Å². The monoisotopic (exact) mass is 475 g/mol. The Labute approximate surface area is 200 Å². The van der Waals surface area contributed by atoms with E-state index in [9.17, 15) is 4.79 Å². The van der Waals surface area contributed by atoms with Gasteiger partial charge in [0.15, 0.2) is 22.3 Å². The summed E-state index contributed by atoms with van der Waals surface area (Å²) in [4.78, 5) is 35.9. The van der Waals surface area contributed by atoms with Crippen LogP contribution in [0.3, 0.4) is 0 Å². The quantitative estimate of drug-likeness (QED) is 0.450. The number of nitrogens with zero attached hydrogens (tertiary/aromatic N) is 6. The second-order valence-corrected chi connectivity index (χ2v) is 9.75. The molecule has 4 aromatic heterocycles. The molecule has 2 aliphatic rings. The van der Waals surface area contributed by atoms with Gasteiger partial charge in [-0.25, -0.2) is 9.97 Å². The number of oxazole rings is 1. The van der Waals surface area contributed by atoms with Gasteiger partial charge in [0.05, 0.1) is 10.4 Å². The zero-order valence-electron chi connectivity index (χ0n) is 19.0. The molecule has 1 N–H and O–H groups in total. The van der Waals surface area contributed by atoms with Crippen molar-refractivity contribution in [2.45, 2.75) is 32.6 Å². The summed E-state index contributed by atoms with van der Waals surface area (Å²) in [6, 6.07) is 5.67. The van der Waals surface area contributed by atoms with Crippen molar-refractivity contribution < 1.29 is 9.21 Å². The Bertz CT molecular complexity index is 1350. The number of nitrogens with one attached hydrogen (secondary N) is 1. The van der Waals surface area contributed by atoms with E-state index < -0.39 is 0 Å². The summed E-state index contributed by atoms with van der Waals surface area (Å²) in [6.45, 7) is 5.80. The fourth-order valence-corrected chi connectivity index (χ4v) is 5.30. The van der Waals surface area contributed by atoms with Gasteiger partial charge in [-0.2, -0.15) is 4.98 Å². The Morgan fingerprint density at radius 2 is 1.85 bits per heavy atom. The highest BCUT2D eigenvalue weighted by Gasteiger charge is 2.24. The third-order valence-electron chi connectivity index (χ3n) is 6.26. The molecule has 34 heavy (non-hydrogen) atoms. The van der Waals surface area contributed by atoms with Crippen molar-refractivity contribution in [2.24, 2.45) is 0 Å². The minimum absolute atomic E-state index is 0.220. The first kappa shape index (κ1) is 21.0. The van der Waals surface area contributed by atoms with E-state index in [-0.39, 0.29) is 11.6 Å². The van der Waals surface area contributed by atoms with Gasteiger partial charge in [-0.05, 0) is 50.8 Å². The molecule has 2 aliphatic heterocycles. The molecule has 9 nitrogen and oxygen atoms in total. The first-order valence-corrected chi connectivity index (χ1v) is 12.5. The zero-order chi connectivity index (χ0) is 23.1. The summed E-state index contributed by atoms with van der Waals surface area (Å²) in [7, 11) is 0. The summed E-state index contributed by atoms with van der Waals surface area (Å²) in [5.41, 5.74) is 3.27. The highest BCUT2D eigenvalue weighted by Crippen LogP contribution is 2.36. The van der Waals surface area contributed by atoms with Crippen LogP contribution in [0.25, 0.3) is 21.8 Å². The van der Waals surface area contributed by atoms with E-state index in [2.05, 4.69) is 25.1 Å². The number of aromatic nitrogens is 4. The Morgan fingerprint density at radius 1 is 1.03 bits per heavy atom. The maximum absolute atomic E-state index is 13.1. The minimum atomic E-state index is -0.329. The largest absolute Gasteiger partial charge is 0.444 e. The molecule has 6 heterocycles. The molecule has 0 unspecified atom stereocenters. The normalized spacial score (nSPS) is 16.0. The van der Waals surface area contributed by atoms with Crippen LogP contribution in [-0.2, 0) is 0 Å². The van der Waals surface area contributed by atoms with Gasteiger partial charge in [-0.1, -0.05) is 11.3 Å². The number of amides is 1. The molecule has 0 spiro atoms. The number of carbonyl (C=O) groups is 1. The lowest BCUT2D eigenvalue weighted by Gasteiger charge is -2.33. The molecule has 10 heteroatoms. The van der Waals surface area contributed by atoms with Crippen molar-refractivity contribution in [2.75, 3.05) is 41.3 Å². The van der Waals surface area contributed by atoms with Gasteiger partial charge in [0, 0.05) is 43.6 Å². The number of anilines is 3. The van der Waals surface area contributed by atoms with Crippen molar-refractivity contribution in [3.8, 4) is 11.5 Å². The number of aryl methyl sites for hydroxylation is 1. The second kappa shape index (κ2) is 8.68. The fraction of sp³-hybridized carbons (Fsp3) is 0.375. The molecule has 174 valence electrons. The molecule has 0 atom stereocenters. The van der Waals surface area contributed by atoms with E-state index in [4.69, 9.17) is 14.4 Å². The third-order valence-corrected chi connectivity index (χ3v) is 7.31. The molecule has 6 rings (SSSR count). The Morgan fingerprint density at radius 3 is 2.62 bits per heavy atom. The van der Waals surface area contributed by atoms with Crippen LogP contribution >= 0.6 is 11.3 Å². The van der Waals surface area contributed by atoms with E-state index in [1.807, 2.05) is 25.1 Å². The summed E-state index contributed by atoms with van der Waals surface area (Å²) >= 11 is 1.63. The van der Waals surface area contributed by atoms with Crippen molar-refractivity contribution in [1.29, 1.82) is 0 Å². The number of rotatable bonds is 5. The highest BCUT2D eigenvalue weighted by molar-refractivity contribution is 7.22. The fourth-order valence-electron chi connectivity index (χ4n) is 4.30. The molecule has 0 aromatic carbocycles. The lowest BCUT2D eigenvalue weighted by molar-refractivity contribution is 0.102.